The number of hydrogen-bond acceptors (Lipinski definition) is 2. The smallest absolute Gasteiger partial charge is 0.244 e. The standard InChI is InChI=1S/C21H19NOS/c23-21(14-13-19-12-7-15-24-19)22-16-20(17-8-3-1-4-9-17)18-10-5-2-6-11-18/h1-15,20H,16H2,(H,22,23)/b14-13+. The molecule has 0 aliphatic rings. The molecule has 120 valence electrons. The van der Waals surface area contributed by atoms with Crippen LogP contribution in [0.25, 0.3) is 6.08 Å². The van der Waals surface area contributed by atoms with E-state index in [0.717, 1.165) is 4.88 Å². The molecular weight excluding hydrogens is 314 g/mol. The summed E-state index contributed by atoms with van der Waals surface area (Å²) in [5, 5.41) is 5.02. The minimum Gasteiger partial charge on any atom is -0.352 e. The monoisotopic (exact) mass is 333 g/mol. The molecule has 1 heterocycles. The van der Waals surface area contributed by atoms with E-state index in [1.807, 2.05) is 60.0 Å². The van der Waals surface area contributed by atoms with Crippen LogP contribution in [0.2, 0.25) is 0 Å². The van der Waals surface area contributed by atoms with Gasteiger partial charge in [0.15, 0.2) is 0 Å². The number of rotatable bonds is 6. The van der Waals surface area contributed by atoms with Crippen LogP contribution in [-0.4, -0.2) is 12.5 Å². The normalized spacial score (nSPS) is 11.0. The molecule has 3 aromatic rings. The fourth-order valence-electron chi connectivity index (χ4n) is 2.60. The number of hydrogen-bond donors (Lipinski definition) is 1. The van der Waals surface area contributed by atoms with E-state index in [-0.39, 0.29) is 11.8 Å². The summed E-state index contributed by atoms with van der Waals surface area (Å²) in [5.74, 6) is 0.0757. The summed E-state index contributed by atoms with van der Waals surface area (Å²) in [6.45, 7) is 0.571. The third-order valence-corrected chi connectivity index (χ3v) is 4.66. The van der Waals surface area contributed by atoms with E-state index in [4.69, 9.17) is 0 Å². The third-order valence-electron chi connectivity index (χ3n) is 3.83. The fourth-order valence-corrected chi connectivity index (χ4v) is 3.22. The van der Waals surface area contributed by atoms with E-state index in [2.05, 4.69) is 29.6 Å². The Morgan fingerprint density at radius 1 is 0.917 bits per heavy atom. The van der Waals surface area contributed by atoms with Gasteiger partial charge in [-0.2, -0.15) is 0 Å². The van der Waals surface area contributed by atoms with E-state index < -0.39 is 0 Å². The second-order valence-corrected chi connectivity index (χ2v) is 6.45. The molecule has 3 rings (SSSR count). The molecule has 0 aliphatic heterocycles. The fraction of sp³-hybridized carbons (Fsp3) is 0.0952. The van der Waals surface area contributed by atoms with E-state index in [9.17, 15) is 4.79 Å². The maximum atomic E-state index is 12.1. The lowest BCUT2D eigenvalue weighted by atomic mass is 9.91. The molecule has 1 amide bonds. The molecule has 0 spiro atoms. The van der Waals surface area contributed by atoms with Gasteiger partial charge in [0.1, 0.15) is 0 Å². The summed E-state index contributed by atoms with van der Waals surface area (Å²) in [6, 6.07) is 24.5. The van der Waals surface area contributed by atoms with Crippen molar-refractivity contribution in [3.8, 4) is 0 Å². The minimum absolute atomic E-state index is 0.0692. The summed E-state index contributed by atoms with van der Waals surface area (Å²) in [6.07, 6.45) is 3.44. The SMILES string of the molecule is O=C(/C=C/c1cccs1)NCC(c1ccccc1)c1ccccc1. The molecule has 2 nitrogen and oxygen atoms in total. The Kier molecular flexibility index (Phi) is 5.59. The van der Waals surface area contributed by atoms with Crippen molar-refractivity contribution in [2.24, 2.45) is 0 Å². The number of amides is 1. The Balaban J connectivity index is 1.70. The van der Waals surface area contributed by atoms with Crippen molar-refractivity contribution >= 4 is 23.3 Å². The van der Waals surface area contributed by atoms with Crippen LogP contribution in [0.1, 0.15) is 21.9 Å². The van der Waals surface area contributed by atoms with E-state index in [1.54, 1.807) is 17.4 Å². The van der Waals surface area contributed by atoms with E-state index >= 15 is 0 Å². The Morgan fingerprint density at radius 3 is 2.08 bits per heavy atom. The zero-order valence-corrected chi connectivity index (χ0v) is 14.1. The van der Waals surface area contributed by atoms with Crippen molar-refractivity contribution < 1.29 is 4.79 Å². The van der Waals surface area contributed by atoms with Gasteiger partial charge < -0.3 is 5.32 Å². The molecular formula is C21H19NOS. The highest BCUT2D eigenvalue weighted by Gasteiger charge is 2.14. The van der Waals surface area contributed by atoms with Gasteiger partial charge in [0, 0.05) is 23.4 Å². The Labute approximate surface area is 146 Å². The zero-order chi connectivity index (χ0) is 16.6. The quantitative estimate of drug-likeness (QED) is 0.650. The second-order valence-electron chi connectivity index (χ2n) is 5.47. The van der Waals surface area contributed by atoms with Crippen LogP contribution in [-0.2, 0) is 4.79 Å². The first-order chi connectivity index (χ1) is 11.8. The number of carbonyl (C=O) groups is 1. The highest BCUT2D eigenvalue weighted by atomic mass is 32.1. The van der Waals surface area contributed by atoms with Crippen molar-refractivity contribution in [1.82, 2.24) is 5.32 Å². The number of thiophene rings is 1. The molecule has 24 heavy (non-hydrogen) atoms. The van der Waals surface area contributed by atoms with Crippen molar-refractivity contribution in [3.63, 3.8) is 0 Å². The lowest BCUT2D eigenvalue weighted by Crippen LogP contribution is -2.27. The molecule has 0 saturated heterocycles. The second kappa shape index (κ2) is 8.27. The molecule has 1 N–H and O–H groups in total. The molecule has 1 aromatic heterocycles. The largest absolute Gasteiger partial charge is 0.352 e. The Morgan fingerprint density at radius 2 is 1.54 bits per heavy atom. The van der Waals surface area contributed by atoms with Gasteiger partial charge >= 0.3 is 0 Å². The first-order valence-corrected chi connectivity index (χ1v) is 8.80. The van der Waals surface area contributed by atoms with Gasteiger partial charge in [-0.05, 0) is 28.6 Å². The molecule has 3 heteroatoms. The first kappa shape index (κ1) is 16.2. The lowest BCUT2D eigenvalue weighted by molar-refractivity contribution is -0.116. The summed E-state index contributed by atoms with van der Waals surface area (Å²) in [4.78, 5) is 13.2. The predicted molar refractivity (Wildman–Crippen MR) is 101 cm³/mol. The maximum Gasteiger partial charge on any atom is 0.244 e. The van der Waals surface area contributed by atoms with Crippen LogP contribution < -0.4 is 5.32 Å². The van der Waals surface area contributed by atoms with Gasteiger partial charge in [-0.15, -0.1) is 11.3 Å². The summed E-state index contributed by atoms with van der Waals surface area (Å²) >= 11 is 1.62. The van der Waals surface area contributed by atoms with Gasteiger partial charge in [0.05, 0.1) is 0 Å². The van der Waals surface area contributed by atoms with Gasteiger partial charge in [0.2, 0.25) is 5.91 Å². The minimum atomic E-state index is -0.0692. The lowest BCUT2D eigenvalue weighted by Gasteiger charge is -2.18. The highest BCUT2D eigenvalue weighted by Crippen LogP contribution is 2.23. The molecule has 0 atom stereocenters. The summed E-state index contributed by atoms with van der Waals surface area (Å²) < 4.78 is 0. The van der Waals surface area contributed by atoms with Crippen LogP contribution >= 0.6 is 11.3 Å². The molecule has 0 saturated carbocycles. The van der Waals surface area contributed by atoms with Crippen molar-refractivity contribution in [2.75, 3.05) is 6.54 Å². The Bertz CT molecular complexity index is 740. The Hall–Kier alpha value is -2.65. The van der Waals surface area contributed by atoms with Crippen molar-refractivity contribution in [2.45, 2.75) is 5.92 Å². The van der Waals surface area contributed by atoms with Crippen molar-refractivity contribution in [1.29, 1.82) is 0 Å². The third kappa shape index (κ3) is 4.43. The molecule has 0 radical (unpaired) electrons. The van der Waals surface area contributed by atoms with Gasteiger partial charge in [0.25, 0.3) is 0 Å². The summed E-state index contributed by atoms with van der Waals surface area (Å²) in [7, 11) is 0. The molecule has 0 fully saturated rings. The highest BCUT2D eigenvalue weighted by molar-refractivity contribution is 7.10. The van der Waals surface area contributed by atoms with Crippen LogP contribution in [0.5, 0.6) is 0 Å². The van der Waals surface area contributed by atoms with Gasteiger partial charge in [-0.1, -0.05) is 66.7 Å². The maximum absolute atomic E-state index is 12.1. The molecule has 0 aliphatic carbocycles. The molecule has 2 aromatic carbocycles. The average molecular weight is 333 g/mol. The molecule has 0 bridgehead atoms. The first-order valence-electron chi connectivity index (χ1n) is 7.92. The van der Waals surface area contributed by atoms with Crippen LogP contribution in [0, 0.1) is 0 Å². The number of nitrogens with one attached hydrogen (secondary N) is 1. The summed E-state index contributed by atoms with van der Waals surface area (Å²) in [5.41, 5.74) is 2.40. The van der Waals surface area contributed by atoms with Crippen LogP contribution in [0.15, 0.2) is 84.3 Å². The average Bonchev–Trinajstić information content (AvgIpc) is 3.16. The zero-order valence-electron chi connectivity index (χ0n) is 13.3. The van der Waals surface area contributed by atoms with Crippen molar-refractivity contribution in [3.05, 3.63) is 100 Å². The van der Waals surface area contributed by atoms with E-state index in [0.29, 0.717) is 6.54 Å². The van der Waals surface area contributed by atoms with Gasteiger partial charge in [-0.3, -0.25) is 4.79 Å². The van der Waals surface area contributed by atoms with Crippen LogP contribution in [0.3, 0.4) is 0 Å². The molecule has 0 unspecified atom stereocenters. The van der Waals surface area contributed by atoms with E-state index in [1.165, 1.54) is 11.1 Å². The number of benzene rings is 2. The van der Waals surface area contributed by atoms with Crippen LogP contribution in [0.4, 0.5) is 0 Å². The topological polar surface area (TPSA) is 29.1 Å². The number of carbonyl (C=O) groups excluding carboxylic acids is 1. The predicted octanol–water partition coefficient (Wildman–Crippen LogP) is 4.71. The van der Waals surface area contributed by atoms with Gasteiger partial charge in [-0.25, -0.2) is 0 Å².